The van der Waals surface area contributed by atoms with Gasteiger partial charge in [0.15, 0.2) is 0 Å². The minimum atomic E-state index is -0.266. The highest BCUT2D eigenvalue weighted by Crippen LogP contribution is 2.37. The Bertz CT molecular complexity index is 1220. The lowest BCUT2D eigenvalue weighted by Gasteiger charge is -2.17. The van der Waals surface area contributed by atoms with E-state index in [1.165, 1.54) is 4.68 Å². The zero-order valence-corrected chi connectivity index (χ0v) is 17.9. The van der Waals surface area contributed by atoms with E-state index in [1.54, 1.807) is 24.3 Å². The zero-order valence-electron chi connectivity index (χ0n) is 16.4. The van der Waals surface area contributed by atoms with Gasteiger partial charge in [0.25, 0.3) is 5.56 Å². The van der Waals surface area contributed by atoms with Gasteiger partial charge in [-0.25, -0.2) is 4.68 Å². The van der Waals surface area contributed by atoms with Crippen LogP contribution in [0.4, 0.5) is 0 Å². The molecular weight excluding hydrogens is 435 g/mol. The molecule has 0 radical (unpaired) electrons. The molecule has 0 unspecified atom stereocenters. The van der Waals surface area contributed by atoms with Crippen molar-refractivity contribution in [3.05, 3.63) is 99.3 Å². The molecule has 1 aromatic heterocycles. The monoisotopic (exact) mass is 454 g/mol. The van der Waals surface area contributed by atoms with Gasteiger partial charge in [-0.05, 0) is 35.4 Å². The van der Waals surface area contributed by atoms with Crippen molar-refractivity contribution in [3.63, 3.8) is 0 Å². The molecule has 3 N–H and O–H groups in total. The number of halogens is 2. The SMILES string of the molecule is O.O=c1c(-c2ccccc2)c(-c2ccc(Cl)cc2)c(-c2ccc(Cl)cc2)nn1CCO. The molecule has 5 nitrogen and oxygen atoms in total. The van der Waals surface area contributed by atoms with Crippen molar-refractivity contribution in [2.45, 2.75) is 6.54 Å². The van der Waals surface area contributed by atoms with Gasteiger partial charge >= 0.3 is 0 Å². The lowest BCUT2D eigenvalue weighted by Crippen LogP contribution is -2.27. The number of aliphatic hydroxyl groups excluding tert-OH is 1. The molecule has 4 rings (SSSR count). The van der Waals surface area contributed by atoms with Crippen molar-refractivity contribution in [2.24, 2.45) is 0 Å². The van der Waals surface area contributed by atoms with Crippen molar-refractivity contribution < 1.29 is 10.6 Å². The molecule has 0 saturated heterocycles. The quantitative estimate of drug-likeness (QED) is 0.473. The molecule has 4 aromatic rings. The highest BCUT2D eigenvalue weighted by molar-refractivity contribution is 6.31. The fourth-order valence-corrected chi connectivity index (χ4v) is 3.65. The highest BCUT2D eigenvalue weighted by Gasteiger charge is 2.21. The molecule has 7 heteroatoms. The Morgan fingerprint density at radius 3 is 1.81 bits per heavy atom. The maximum absolute atomic E-state index is 13.4. The van der Waals surface area contributed by atoms with Gasteiger partial charge in [-0.2, -0.15) is 5.10 Å². The van der Waals surface area contributed by atoms with E-state index in [4.69, 9.17) is 23.2 Å². The number of hydrogen-bond donors (Lipinski definition) is 1. The van der Waals surface area contributed by atoms with Gasteiger partial charge in [0.05, 0.1) is 24.4 Å². The van der Waals surface area contributed by atoms with Crippen molar-refractivity contribution in [2.75, 3.05) is 6.61 Å². The van der Waals surface area contributed by atoms with Crippen molar-refractivity contribution in [3.8, 4) is 33.5 Å². The van der Waals surface area contributed by atoms with Gasteiger partial charge in [-0.1, -0.05) is 77.8 Å². The summed E-state index contributed by atoms with van der Waals surface area (Å²) in [4.78, 5) is 13.4. The second-order valence-corrected chi connectivity index (χ2v) is 7.60. The Balaban J connectivity index is 0.00000272. The molecule has 0 aliphatic rings. The Morgan fingerprint density at radius 2 is 1.26 bits per heavy atom. The minimum Gasteiger partial charge on any atom is -0.412 e. The number of nitrogens with zero attached hydrogens (tertiary/aromatic N) is 2. The molecule has 1 heterocycles. The fraction of sp³-hybridized carbons (Fsp3) is 0.0833. The molecule has 0 aliphatic carbocycles. The van der Waals surface area contributed by atoms with Crippen LogP contribution in [0, 0.1) is 0 Å². The maximum atomic E-state index is 13.4. The van der Waals surface area contributed by atoms with Crippen LogP contribution in [0.2, 0.25) is 10.0 Å². The standard InChI is InChI=1S/C24H18Cl2N2O2.H2O/c25-19-10-6-17(7-11-19)21-22(16-4-2-1-3-5-16)24(30)28(14-15-29)27-23(21)18-8-12-20(26)13-9-18;/h1-13,29H,14-15H2;1H2. The summed E-state index contributed by atoms with van der Waals surface area (Å²) >= 11 is 12.2. The fourth-order valence-electron chi connectivity index (χ4n) is 3.40. The summed E-state index contributed by atoms with van der Waals surface area (Å²) in [5, 5.41) is 15.3. The molecule has 0 aliphatic heterocycles. The first-order valence-electron chi connectivity index (χ1n) is 9.42. The van der Waals surface area contributed by atoms with Crippen LogP contribution in [-0.2, 0) is 6.54 Å². The van der Waals surface area contributed by atoms with Gasteiger partial charge in [0.1, 0.15) is 0 Å². The summed E-state index contributed by atoms with van der Waals surface area (Å²) in [7, 11) is 0. The van der Waals surface area contributed by atoms with Crippen LogP contribution in [0.3, 0.4) is 0 Å². The lowest BCUT2D eigenvalue weighted by atomic mass is 9.92. The predicted octanol–water partition coefficient (Wildman–Crippen LogP) is 4.72. The van der Waals surface area contributed by atoms with Gasteiger partial charge in [-0.3, -0.25) is 4.79 Å². The largest absolute Gasteiger partial charge is 0.412 e. The van der Waals surface area contributed by atoms with E-state index in [0.717, 1.165) is 16.7 Å². The molecule has 158 valence electrons. The Labute approximate surface area is 189 Å². The van der Waals surface area contributed by atoms with E-state index in [1.807, 2.05) is 54.6 Å². The van der Waals surface area contributed by atoms with Crippen LogP contribution in [-0.4, -0.2) is 27.0 Å². The molecule has 0 spiro atoms. The summed E-state index contributed by atoms with van der Waals surface area (Å²) in [6.45, 7) is -0.0956. The van der Waals surface area contributed by atoms with Crippen LogP contribution >= 0.6 is 23.2 Å². The molecule has 0 saturated carbocycles. The van der Waals surface area contributed by atoms with Crippen molar-refractivity contribution in [1.82, 2.24) is 9.78 Å². The van der Waals surface area contributed by atoms with E-state index in [2.05, 4.69) is 5.10 Å². The Morgan fingerprint density at radius 1 is 0.742 bits per heavy atom. The summed E-state index contributed by atoms with van der Waals surface area (Å²) in [6.07, 6.45) is 0. The molecule has 0 bridgehead atoms. The Kier molecular flexibility index (Phi) is 7.25. The second kappa shape index (κ2) is 9.90. The highest BCUT2D eigenvalue weighted by atomic mass is 35.5. The van der Waals surface area contributed by atoms with Gasteiger partial charge < -0.3 is 10.6 Å². The molecule has 0 atom stereocenters. The molecule has 0 fully saturated rings. The third kappa shape index (κ3) is 4.70. The van der Waals surface area contributed by atoms with E-state index >= 15 is 0 Å². The number of aromatic nitrogens is 2. The van der Waals surface area contributed by atoms with E-state index in [9.17, 15) is 9.90 Å². The first-order chi connectivity index (χ1) is 14.6. The van der Waals surface area contributed by atoms with E-state index in [-0.39, 0.29) is 24.2 Å². The predicted molar refractivity (Wildman–Crippen MR) is 126 cm³/mol. The van der Waals surface area contributed by atoms with E-state index < -0.39 is 0 Å². The number of hydrogen-bond acceptors (Lipinski definition) is 3. The van der Waals surface area contributed by atoms with Crippen LogP contribution in [0.1, 0.15) is 0 Å². The zero-order chi connectivity index (χ0) is 21.1. The van der Waals surface area contributed by atoms with Crippen LogP contribution < -0.4 is 5.56 Å². The smallest absolute Gasteiger partial charge is 0.275 e. The van der Waals surface area contributed by atoms with E-state index in [0.29, 0.717) is 26.9 Å². The third-order valence-electron chi connectivity index (χ3n) is 4.78. The Hall–Kier alpha value is -2.96. The number of benzene rings is 3. The summed E-state index contributed by atoms with van der Waals surface area (Å²) in [5.74, 6) is 0. The average Bonchev–Trinajstić information content (AvgIpc) is 2.77. The molecule has 31 heavy (non-hydrogen) atoms. The molecular formula is C24H20Cl2N2O3. The summed E-state index contributed by atoms with van der Waals surface area (Å²) < 4.78 is 1.31. The summed E-state index contributed by atoms with van der Waals surface area (Å²) in [5.41, 5.74) is 4.00. The minimum absolute atomic E-state index is 0. The van der Waals surface area contributed by atoms with Crippen LogP contribution in [0.25, 0.3) is 33.5 Å². The lowest BCUT2D eigenvalue weighted by molar-refractivity contribution is 0.266. The number of aliphatic hydroxyl groups is 1. The topological polar surface area (TPSA) is 86.6 Å². The molecule has 0 amide bonds. The first kappa shape index (κ1) is 22.7. The van der Waals surface area contributed by atoms with Gasteiger partial charge in [0.2, 0.25) is 0 Å². The van der Waals surface area contributed by atoms with Crippen LogP contribution in [0.5, 0.6) is 0 Å². The van der Waals surface area contributed by atoms with Gasteiger partial charge in [-0.15, -0.1) is 0 Å². The maximum Gasteiger partial charge on any atom is 0.275 e. The van der Waals surface area contributed by atoms with Crippen molar-refractivity contribution >= 4 is 23.2 Å². The normalized spacial score (nSPS) is 10.5. The summed E-state index contributed by atoms with van der Waals surface area (Å²) in [6, 6.07) is 24.1. The first-order valence-corrected chi connectivity index (χ1v) is 10.2. The van der Waals surface area contributed by atoms with Gasteiger partial charge in [0, 0.05) is 21.2 Å². The number of rotatable bonds is 5. The second-order valence-electron chi connectivity index (χ2n) is 6.73. The third-order valence-corrected chi connectivity index (χ3v) is 5.28. The molecule has 3 aromatic carbocycles. The van der Waals surface area contributed by atoms with Crippen LogP contribution in [0.15, 0.2) is 83.7 Å². The average molecular weight is 455 g/mol. The van der Waals surface area contributed by atoms with Crippen molar-refractivity contribution in [1.29, 1.82) is 0 Å².